The molecule has 0 bridgehead atoms. The molecule has 5 rings (SSSR count). The van der Waals surface area contributed by atoms with E-state index < -0.39 is 0 Å². The molecule has 1 aromatic heterocycles. The largest absolute Gasteiger partial charge is 0.352 e. The van der Waals surface area contributed by atoms with Crippen LogP contribution in [0.4, 0.5) is 5.82 Å². The van der Waals surface area contributed by atoms with Gasteiger partial charge in [0, 0.05) is 43.9 Å². The fraction of sp³-hybridized carbons (Fsp3) is 0.538. The van der Waals surface area contributed by atoms with Crippen LogP contribution >= 0.6 is 0 Å². The summed E-state index contributed by atoms with van der Waals surface area (Å²) in [5, 5.41) is 0. The SMILES string of the molecule is Cc1nc([C@H]2CCCCN2C(=O)CN2CCCC2=O)nc2c1CCCN2Cc1ccccc1. The number of hydrogen-bond donors (Lipinski definition) is 0. The van der Waals surface area contributed by atoms with E-state index in [1.807, 2.05) is 11.0 Å². The van der Waals surface area contributed by atoms with E-state index in [2.05, 4.69) is 36.1 Å². The Bertz CT molecular complexity index is 1020. The highest BCUT2D eigenvalue weighted by Crippen LogP contribution is 2.34. The van der Waals surface area contributed by atoms with Crippen molar-refractivity contribution in [3.8, 4) is 0 Å². The van der Waals surface area contributed by atoms with Gasteiger partial charge in [-0.05, 0) is 51.0 Å². The molecule has 0 N–H and O–H groups in total. The van der Waals surface area contributed by atoms with Crippen LogP contribution in [-0.2, 0) is 22.6 Å². The molecular weight excluding hydrogens is 414 g/mol. The first-order valence-corrected chi connectivity index (χ1v) is 12.3. The summed E-state index contributed by atoms with van der Waals surface area (Å²) in [4.78, 5) is 41.3. The summed E-state index contributed by atoms with van der Waals surface area (Å²) in [5.74, 6) is 1.90. The first-order chi connectivity index (χ1) is 16.1. The molecule has 7 heteroatoms. The van der Waals surface area contributed by atoms with Gasteiger partial charge in [-0.1, -0.05) is 30.3 Å². The quantitative estimate of drug-likeness (QED) is 0.703. The van der Waals surface area contributed by atoms with Crippen LogP contribution in [0, 0.1) is 6.92 Å². The number of nitrogens with zero attached hydrogens (tertiary/aromatic N) is 5. The fourth-order valence-electron chi connectivity index (χ4n) is 5.44. The Morgan fingerprint density at radius 1 is 0.970 bits per heavy atom. The minimum atomic E-state index is -0.117. The third-order valence-electron chi connectivity index (χ3n) is 7.20. The predicted octanol–water partition coefficient (Wildman–Crippen LogP) is 3.41. The summed E-state index contributed by atoms with van der Waals surface area (Å²) in [6, 6.07) is 10.4. The molecule has 0 unspecified atom stereocenters. The number of anilines is 1. The van der Waals surface area contributed by atoms with Crippen molar-refractivity contribution >= 4 is 17.6 Å². The molecule has 2 fully saturated rings. The number of hydrogen-bond acceptors (Lipinski definition) is 5. The van der Waals surface area contributed by atoms with E-state index in [0.29, 0.717) is 19.5 Å². The molecular formula is C26H33N5O2. The van der Waals surface area contributed by atoms with E-state index in [4.69, 9.17) is 9.97 Å². The maximum Gasteiger partial charge on any atom is 0.242 e. The number of amides is 2. The number of benzene rings is 1. The minimum absolute atomic E-state index is 0.0232. The third-order valence-corrected chi connectivity index (χ3v) is 7.20. The van der Waals surface area contributed by atoms with Gasteiger partial charge in [0.05, 0.1) is 12.6 Å². The number of carbonyl (C=O) groups excluding carboxylic acids is 2. The highest BCUT2D eigenvalue weighted by molar-refractivity contribution is 5.86. The zero-order chi connectivity index (χ0) is 22.8. The Kier molecular flexibility index (Phi) is 6.29. The van der Waals surface area contributed by atoms with Crippen molar-refractivity contribution in [1.29, 1.82) is 0 Å². The van der Waals surface area contributed by atoms with Crippen LogP contribution in [0.1, 0.15) is 67.2 Å². The summed E-state index contributed by atoms with van der Waals surface area (Å²) in [5.41, 5.74) is 3.53. The van der Waals surface area contributed by atoms with Gasteiger partial charge in [-0.2, -0.15) is 0 Å². The van der Waals surface area contributed by atoms with E-state index in [1.165, 1.54) is 11.1 Å². The van der Waals surface area contributed by atoms with Gasteiger partial charge in [-0.25, -0.2) is 9.97 Å². The Hall–Kier alpha value is -2.96. The molecule has 2 amide bonds. The van der Waals surface area contributed by atoms with E-state index in [1.54, 1.807) is 4.90 Å². The van der Waals surface area contributed by atoms with Crippen molar-refractivity contribution < 1.29 is 9.59 Å². The van der Waals surface area contributed by atoms with E-state index >= 15 is 0 Å². The van der Waals surface area contributed by atoms with Crippen molar-refractivity contribution in [3.05, 3.63) is 53.0 Å². The molecule has 2 aromatic rings. The molecule has 4 heterocycles. The number of aromatic nitrogens is 2. The molecule has 174 valence electrons. The van der Waals surface area contributed by atoms with E-state index in [9.17, 15) is 9.59 Å². The number of rotatable bonds is 5. The van der Waals surface area contributed by atoms with Crippen molar-refractivity contribution in [2.75, 3.05) is 31.1 Å². The van der Waals surface area contributed by atoms with Crippen LogP contribution in [0.25, 0.3) is 0 Å². The standard InChI is InChI=1S/C26H33N5O2/c1-19-21-11-7-15-30(17-20-9-3-2-4-10-20)26(21)28-25(27-19)22-12-5-6-16-31(22)24(33)18-29-14-8-13-23(29)32/h2-4,9-10,22H,5-8,11-18H2,1H3/t22-/m1/s1. The lowest BCUT2D eigenvalue weighted by molar-refractivity contribution is -0.141. The minimum Gasteiger partial charge on any atom is -0.352 e. The van der Waals surface area contributed by atoms with Gasteiger partial charge in [0.15, 0.2) is 5.82 Å². The van der Waals surface area contributed by atoms with Crippen molar-refractivity contribution in [3.63, 3.8) is 0 Å². The third kappa shape index (κ3) is 4.59. The molecule has 7 nitrogen and oxygen atoms in total. The molecule has 33 heavy (non-hydrogen) atoms. The number of piperidine rings is 1. The van der Waals surface area contributed by atoms with Crippen LogP contribution in [0.15, 0.2) is 30.3 Å². The summed E-state index contributed by atoms with van der Waals surface area (Å²) < 4.78 is 0. The van der Waals surface area contributed by atoms with Crippen LogP contribution in [0.3, 0.4) is 0 Å². The van der Waals surface area contributed by atoms with Crippen LogP contribution in [-0.4, -0.2) is 57.8 Å². The van der Waals surface area contributed by atoms with Gasteiger partial charge in [0.25, 0.3) is 0 Å². The number of likely N-dealkylation sites (tertiary alicyclic amines) is 2. The summed E-state index contributed by atoms with van der Waals surface area (Å²) in [6.45, 7) is 5.45. The van der Waals surface area contributed by atoms with Gasteiger partial charge >= 0.3 is 0 Å². The molecule has 0 saturated carbocycles. The lowest BCUT2D eigenvalue weighted by atomic mass is 9.99. The molecule has 3 aliphatic heterocycles. The van der Waals surface area contributed by atoms with Crippen LogP contribution < -0.4 is 4.90 Å². The average Bonchev–Trinajstić information content (AvgIpc) is 3.24. The maximum absolute atomic E-state index is 13.2. The van der Waals surface area contributed by atoms with Gasteiger partial charge in [0.2, 0.25) is 11.8 Å². The summed E-state index contributed by atoms with van der Waals surface area (Å²) in [7, 11) is 0. The summed E-state index contributed by atoms with van der Waals surface area (Å²) in [6.07, 6.45) is 6.42. The smallest absolute Gasteiger partial charge is 0.242 e. The van der Waals surface area contributed by atoms with Gasteiger partial charge in [-0.3, -0.25) is 9.59 Å². The molecule has 0 aliphatic carbocycles. The maximum atomic E-state index is 13.2. The zero-order valence-corrected chi connectivity index (χ0v) is 19.5. The molecule has 3 aliphatic rings. The first kappa shape index (κ1) is 21.9. The van der Waals surface area contributed by atoms with Crippen molar-refractivity contribution in [2.45, 2.75) is 64.5 Å². The average molecular weight is 448 g/mol. The number of fused-ring (bicyclic) bond motifs is 1. The van der Waals surface area contributed by atoms with E-state index in [-0.39, 0.29) is 24.4 Å². The van der Waals surface area contributed by atoms with Crippen LogP contribution in [0.5, 0.6) is 0 Å². The number of carbonyl (C=O) groups is 2. The van der Waals surface area contributed by atoms with Gasteiger partial charge < -0.3 is 14.7 Å². The Morgan fingerprint density at radius 3 is 2.55 bits per heavy atom. The van der Waals surface area contributed by atoms with Crippen molar-refractivity contribution in [2.24, 2.45) is 0 Å². The van der Waals surface area contributed by atoms with Gasteiger partial charge in [-0.15, -0.1) is 0 Å². The lowest BCUT2D eigenvalue weighted by Gasteiger charge is -2.37. The highest BCUT2D eigenvalue weighted by Gasteiger charge is 2.34. The van der Waals surface area contributed by atoms with Gasteiger partial charge in [0.1, 0.15) is 5.82 Å². The first-order valence-electron chi connectivity index (χ1n) is 12.3. The molecule has 1 atom stereocenters. The molecule has 2 saturated heterocycles. The number of aryl methyl sites for hydroxylation is 1. The second kappa shape index (κ2) is 9.49. The monoisotopic (exact) mass is 447 g/mol. The molecule has 0 spiro atoms. The molecule has 1 aromatic carbocycles. The summed E-state index contributed by atoms with van der Waals surface area (Å²) >= 11 is 0. The van der Waals surface area contributed by atoms with E-state index in [0.717, 1.165) is 69.0 Å². The molecule has 0 radical (unpaired) electrons. The van der Waals surface area contributed by atoms with Crippen molar-refractivity contribution in [1.82, 2.24) is 19.8 Å². The Labute approximate surface area is 195 Å². The Balaban J connectivity index is 1.41. The zero-order valence-electron chi connectivity index (χ0n) is 19.5. The fourth-order valence-corrected chi connectivity index (χ4v) is 5.44. The second-order valence-corrected chi connectivity index (χ2v) is 9.50. The lowest BCUT2D eigenvalue weighted by Crippen LogP contribution is -2.45. The Morgan fingerprint density at radius 2 is 1.76 bits per heavy atom. The van der Waals surface area contributed by atoms with Crippen LogP contribution in [0.2, 0.25) is 0 Å². The highest BCUT2D eigenvalue weighted by atomic mass is 16.2. The second-order valence-electron chi connectivity index (χ2n) is 9.50. The normalized spacial score (nSPS) is 20.8. The predicted molar refractivity (Wildman–Crippen MR) is 127 cm³/mol. The topological polar surface area (TPSA) is 69.6 Å².